The third-order valence-corrected chi connectivity index (χ3v) is 13.3. The summed E-state index contributed by atoms with van der Waals surface area (Å²) < 4.78 is 47.9. The highest BCUT2D eigenvalue weighted by Gasteiger charge is 2.37. The quantitative estimate of drug-likeness (QED) is 0.100. The summed E-state index contributed by atoms with van der Waals surface area (Å²) in [6.07, 6.45) is -0.358. The molecule has 2 amide bonds. The molecule has 2 aromatic rings. The number of hydrogen-bond donors (Lipinski definition) is 0. The SMILES string of the molecule is CCOC(=O)CC(C(=O)OCC)N1CCN(CC2CN(CCN3CCN(Cc4ccccc4)CC3)C(=O)O2)CC1.CS(=O)(=O)OCC1CN(CCN2CCN(Cc3ccccc3)CC2)C(=O)O1. The number of piperazine rings is 3. The minimum Gasteiger partial charge on any atom is -0.466 e. The van der Waals surface area contributed by atoms with Crippen molar-refractivity contribution in [2.24, 2.45) is 0 Å². The van der Waals surface area contributed by atoms with E-state index in [1.807, 2.05) is 15.9 Å². The molecular formula is C47H72N8O11S. The van der Waals surface area contributed by atoms with Gasteiger partial charge >= 0.3 is 24.1 Å². The Morgan fingerprint density at radius 2 is 1.06 bits per heavy atom. The van der Waals surface area contributed by atoms with Crippen LogP contribution in [0.3, 0.4) is 0 Å². The summed E-state index contributed by atoms with van der Waals surface area (Å²) in [5.41, 5.74) is 2.67. The molecule has 5 saturated heterocycles. The fraction of sp³-hybridized carbons (Fsp3) is 0.660. The molecular weight excluding hydrogens is 885 g/mol. The van der Waals surface area contributed by atoms with E-state index in [9.17, 15) is 27.6 Å². The molecule has 3 unspecified atom stereocenters. The van der Waals surface area contributed by atoms with Gasteiger partial charge in [0.15, 0.2) is 0 Å². The van der Waals surface area contributed by atoms with Crippen molar-refractivity contribution in [2.45, 2.75) is 51.6 Å². The predicted octanol–water partition coefficient (Wildman–Crippen LogP) is 1.73. The summed E-state index contributed by atoms with van der Waals surface area (Å²) in [5.74, 6) is -0.781. The van der Waals surface area contributed by atoms with Crippen molar-refractivity contribution in [3.05, 3.63) is 71.8 Å². The van der Waals surface area contributed by atoms with Gasteiger partial charge in [-0.2, -0.15) is 8.42 Å². The second-order valence-electron chi connectivity index (χ2n) is 17.7. The summed E-state index contributed by atoms with van der Waals surface area (Å²) in [4.78, 5) is 66.4. The zero-order valence-electron chi connectivity index (χ0n) is 39.7. The Kier molecular flexibility index (Phi) is 20.5. The van der Waals surface area contributed by atoms with Gasteiger partial charge in [-0.15, -0.1) is 0 Å². The summed E-state index contributed by atoms with van der Waals surface area (Å²) in [6.45, 7) is 21.1. The fourth-order valence-electron chi connectivity index (χ4n) is 8.97. The van der Waals surface area contributed by atoms with E-state index in [0.717, 1.165) is 97.9 Å². The molecule has 67 heavy (non-hydrogen) atoms. The molecule has 0 spiro atoms. The first-order valence-electron chi connectivity index (χ1n) is 23.9. The lowest BCUT2D eigenvalue weighted by molar-refractivity contribution is -0.157. The minimum atomic E-state index is -3.53. The van der Waals surface area contributed by atoms with Crippen LogP contribution in [0.25, 0.3) is 0 Å². The van der Waals surface area contributed by atoms with E-state index in [4.69, 9.17) is 23.1 Å². The first-order valence-corrected chi connectivity index (χ1v) is 25.7. The Labute approximate surface area is 396 Å². The first kappa shape index (κ1) is 52.0. The van der Waals surface area contributed by atoms with Gasteiger partial charge in [0.25, 0.3) is 10.1 Å². The maximum atomic E-state index is 12.5. The average Bonchev–Trinajstić information content (AvgIpc) is 3.87. The number of carbonyl (C=O) groups is 4. The van der Waals surface area contributed by atoms with Crippen molar-refractivity contribution in [3.63, 3.8) is 0 Å². The molecule has 0 radical (unpaired) electrons. The lowest BCUT2D eigenvalue weighted by Gasteiger charge is -2.38. The number of nitrogens with zero attached hydrogens (tertiary/aromatic N) is 8. The van der Waals surface area contributed by atoms with Crippen LogP contribution in [-0.4, -0.2) is 240 Å². The van der Waals surface area contributed by atoms with Gasteiger partial charge in [-0.3, -0.25) is 43.2 Å². The van der Waals surface area contributed by atoms with Crippen LogP contribution in [0.5, 0.6) is 0 Å². The largest absolute Gasteiger partial charge is 0.466 e. The van der Waals surface area contributed by atoms with Gasteiger partial charge in [0.05, 0.1) is 39.0 Å². The number of rotatable bonds is 21. The maximum absolute atomic E-state index is 12.5. The summed E-state index contributed by atoms with van der Waals surface area (Å²) in [7, 11) is -3.53. The Balaban J connectivity index is 0.000000238. The molecule has 5 aliphatic heterocycles. The molecule has 20 heteroatoms. The van der Waals surface area contributed by atoms with E-state index < -0.39 is 34.3 Å². The van der Waals surface area contributed by atoms with Crippen molar-refractivity contribution in [1.82, 2.24) is 39.2 Å². The highest BCUT2D eigenvalue weighted by Crippen LogP contribution is 2.18. The smallest absolute Gasteiger partial charge is 0.410 e. The highest BCUT2D eigenvalue weighted by atomic mass is 32.2. The van der Waals surface area contributed by atoms with E-state index in [-0.39, 0.29) is 44.4 Å². The maximum Gasteiger partial charge on any atom is 0.410 e. The van der Waals surface area contributed by atoms with E-state index in [1.165, 1.54) is 11.1 Å². The van der Waals surface area contributed by atoms with Crippen LogP contribution in [0, 0.1) is 0 Å². The molecule has 372 valence electrons. The van der Waals surface area contributed by atoms with Gasteiger partial charge in [0.1, 0.15) is 24.9 Å². The Hall–Kier alpha value is -4.41. The van der Waals surface area contributed by atoms with Crippen LogP contribution in [0.15, 0.2) is 60.7 Å². The molecule has 0 aromatic heterocycles. The van der Waals surface area contributed by atoms with Crippen molar-refractivity contribution < 1.29 is 50.7 Å². The van der Waals surface area contributed by atoms with E-state index >= 15 is 0 Å². The second-order valence-corrected chi connectivity index (χ2v) is 19.4. The molecule has 2 aromatic carbocycles. The molecule has 19 nitrogen and oxygen atoms in total. The van der Waals surface area contributed by atoms with E-state index in [1.54, 1.807) is 18.7 Å². The predicted molar refractivity (Wildman–Crippen MR) is 250 cm³/mol. The Morgan fingerprint density at radius 1 is 0.612 bits per heavy atom. The average molecular weight is 957 g/mol. The molecule has 5 aliphatic rings. The zero-order chi connectivity index (χ0) is 47.6. The highest BCUT2D eigenvalue weighted by molar-refractivity contribution is 7.85. The molecule has 0 N–H and O–H groups in total. The van der Waals surface area contributed by atoms with Gasteiger partial charge in [-0.05, 0) is 25.0 Å². The van der Waals surface area contributed by atoms with Crippen LogP contribution in [0.1, 0.15) is 31.4 Å². The van der Waals surface area contributed by atoms with Crippen LogP contribution in [0.2, 0.25) is 0 Å². The monoisotopic (exact) mass is 957 g/mol. The number of amides is 2. The van der Waals surface area contributed by atoms with Crippen LogP contribution in [-0.2, 0) is 55.9 Å². The summed E-state index contributed by atoms with van der Waals surface area (Å²) >= 11 is 0. The van der Waals surface area contributed by atoms with Gasteiger partial charge < -0.3 is 28.7 Å². The van der Waals surface area contributed by atoms with Crippen molar-refractivity contribution in [3.8, 4) is 0 Å². The standard InChI is InChI=1S/C29H45N5O6.C18H27N3O5S/c1-3-38-27(35)20-26(28(36)39-4-2)33-17-15-32(16-18-33)22-25-23-34(29(37)40-25)19-14-30-10-12-31(13-11-30)21-24-8-6-5-7-9-24;1-27(23,24)25-15-17-14-21(18(22)26-17)12-11-19-7-9-20(10-8-19)13-16-5-3-2-4-6-16/h5-9,25-26H,3-4,10-23H2,1-2H3;2-6,17H,7-15H2,1H3. The molecule has 0 bridgehead atoms. The van der Waals surface area contributed by atoms with Crippen LogP contribution < -0.4 is 0 Å². The minimum absolute atomic E-state index is 0.00997. The fourth-order valence-corrected chi connectivity index (χ4v) is 9.37. The Morgan fingerprint density at radius 3 is 1.54 bits per heavy atom. The van der Waals surface area contributed by atoms with Crippen LogP contribution in [0.4, 0.5) is 9.59 Å². The van der Waals surface area contributed by atoms with Gasteiger partial charge in [-0.1, -0.05) is 60.7 Å². The molecule has 3 atom stereocenters. The van der Waals surface area contributed by atoms with Crippen molar-refractivity contribution in [1.29, 1.82) is 0 Å². The number of ether oxygens (including phenoxy) is 4. The number of esters is 2. The molecule has 5 heterocycles. The first-order chi connectivity index (χ1) is 32.3. The molecule has 5 fully saturated rings. The van der Waals surface area contributed by atoms with Crippen molar-refractivity contribution >= 4 is 34.2 Å². The number of cyclic esters (lactones) is 2. The second kappa shape index (κ2) is 26.4. The lowest BCUT2D eigenvalue weighted by Crippen LogP contribution is -2.54. The molecule has 0 saturated carbocycles. The summed E-state index contributed by atoms with van der Waals surface area (Å²) in [6, 6.07) is 20.4. The number of carbonyl (C=O) groups excluding carboxylic acids is 4. The van der Waals surface area contributed by atoms with Crippen molar-refractivity contribution in [2.75, 3.05) is 150 Å². The third kappa shape index (κ3) is 17.6. The summed E-state index contributed by atoms with van der Waals surface area (Å²) in [5, 5.41) is 0. The third-order valence-electron chi connectivity index (χ3n) is 12.7. The van der Waals surface area contributed by atoms with E-state index in [0.29, 0.717) is 45.8 Å². The lowest BCUT2D eigenvalue weighted by atomic mass is 10.1. The van der Waals surface area contributed by atoms with Gasteiger partial charge in [0.2, 0.25) is 0 Å². The number of benzene rings is 2. The van der Waals surface area contributed by atoms with Gasteiger partial charge in [0, 0.05) is 124 Å². The zero-order valence-corrected chi connectivity index (χ0v) is 40.5. The molecule has 7 rings (SSSR count). The molecule has 0 aliphatic carbocycles. The topological polar surface area (TPSA) is 174 Å². The van der Waals surface area contributed by atoms with E-state index in [2.05, 4.69) is 79.1 Å². The van der Waals surface area contributed by atoms with Gasteiger partial charge in [-0.25, -0.2) is 9.59 Å². The Bertz CT molecular complexity index is 1950. The normalized spacial score (nSPS) is 22.2. The van der Waals surface area contributed by atoms with Crippen LogP contribution >= 0.6 is 0 Å². The number of hydrogen-bond acceptors (Lipinski definition) is 17.